The molecule has 2 aromatic rings. The third kappa shape index (κ3) is 6.53. The zero-order valence-corrected chi connectivity index (χ0v) is 13.8. The van der Waals surface area contributed by atoms with Gasteiger partial charge in [0.25, 0.3) is 0 Å². The molecule has 0 aliphatic heterocycles. The average molecular weight is 312 g/mol. The van der Waals surface area contributed by atoms with Crippen LogP contribution in [0.5, 0.6) is 11.5 Å². The summed E-state index contributed by atoms with van der Waals surface area (Å²) < 4.78 is 11.4. The first-order valence-electron chi connectivity index (χ1n) is 7.77. The van der Waals surface area contributed by atoms with Gasteiger partial charge < -0.3 is 14.8 Å². The molecule has 0 bridgehead atoms. The zero-order chi connectivity index (χ0) is 16.5. The van der Waals surface area contributed by atoms with Crippen LogP contribution in [0.1, 0.15) is 19.4 Å². The van der Waals surface area contributed by atoms with Crippen molar-refractivity contribution < 1.29 is 9.47 Å². The van der Waals surface area contributed by atoms with E-state index in [9.17, 15) is 0 Å². The Bertz CT molecular complexity index is 614. The molecule has 0 radical (unpaired) electrons. The number of pyridine rings is 1. The molecule has 2 rings (SSSR count). The van der Waals surface area contributed by atoms with E-state index in [-0.39, 0.29) is 6.10 Å². The second kappa shape index (κ2) is 8.96. The maximum Gasteiger partial charge on any atom is 0.138 e. The summed E-state index contributed by atoms with van der Waals surface area (Å²) in [6.45, 7) is 9.90. The Morgan fingerprint density at radius 3 is 2.83 bits per heavy atom. The Morgan fingerprint density at radius 1 is 1.26 bits per heavy atom. The van der Waals surface area contributed by atoms with E-state index in [0.29, 0.717) is 6.61 Å². The normalized spacial score (nSPS) is 11.7. The van der Waals surface area contributed by atoms with Crippen molar-refractivity contribution in [3.8, 4) is 11.5 Å². The first-order chi connectivity index (χ1) is 11.1. The highest BCUT2D eigenvalue weighted by molar-refractivity contribution is 5.28. The first-order valence-corrected chi connectivity index (χ1v) is 7.77. The van der Waals surface area contributed by atoms with E-state index in [2.05, 4.69) is 22.9 Å². The van der Waals surface area contributed by atoms with Gasteiger partial charge in [-0.15, -0.1) is 0 Å². The molecular weight excluding hydrogens is 288 g/mol. The van der Waals surface area contributed by atoms with Gasteiger partial charge in [0, 0.05) is 19.3 Å². The molecule has 0 amide bonds. The molecule has 0 saturated carbocycles. The lowest BCUT2D eigenvalue weighted by atomic mass is 10.2. The predicted octanol–water partition coefficient (Wildman–Crippen LogP) is 3.59. The average Bonchev–Trinajstić information content (AvgIpc) is 2.54. The maximum absolute atomic E-state index is 5.78. The van der Waals surface area contributed by atoms with Crippen LogP contribution in [-0.4, -0.2) is 24.2 Å². The van der Waals surface area contributed by atoms with Crippen molar-refractivity contribution in [1.29, 1.82) is 0 Å². The molecule has 122 valence electrons. The third-order valence-corrected chi connectivity index (χ3v) is 3.12. The molecule has 0 unspecified atom stereocenters. The minimum atomic E-state index is 0.0713. The molecule has 0 aliphatic rings. The molecule has 0 fully saturated rings. The zero-order valence-electron chi connectivity index (χ0n) is 13.8. The summed E-state index contributed by atoms with van der Waals surface area (Å²) in [6, 6.07) is 11.9. The van der Waals surface area contributed by atoms with Gasteiger partial charge in [-0.3, -0.25) is 4.98 Å². The third-order valence-electron chi connectivity index (χ3n) is 3.12. The summed E-state index contributed by atoms with van der Waals surface area (Å²) in [5, 5.41) is 3.40. The minimum Gasteiger partial charge on any atom is -0.489 e. The largest absolute Gasteiger partial charge is 0.489 e. The van der Waals surface area contributed by atoms with Crippen molar-refractivity contribution in [3.05, 3.63) is 66.5 Å². The van der Waals surface area contributed by atoms with Crippen LogP contribution in [-0.2, 0) is 6.54 Å². The Labute approximate surface area is 138 Å². The van der Waals surface area contributed by atoms with E-state index in [1.807, 2.05) is 44.2 Å². The van der Waals surface area contributed by atoms with Crippen molar-refractivity contribution in [2.24, 2.45) is 0 Å². The quantitative estimate of drug-likeness (QED) is 0.719. The fourth-order valence-electron chi connectivity index (χ4n) is 2.06. The molecule has 1 heterocycles. The topological polar surface area (TPSA) is 43.4 Å². The SMILES string of the molecule is C=C(C)COc1cccc(CNC[C@@H](C)Oc2cccnc2)c1. The van der Waals surface area contributed by atoms with Crippen molar-refractivity contribution in [2.75, 3.05) is 13.2 Å². The number of aromatic nitrogens is 1. The van der Waals surface area contributed by atoms with E-state index in [4.69, 9.17) is 9.47 Å². The lowest BCUT2D eigenvalue weighted by Crippen LogP contribution is -2.28. The second-order valence-corrected chi connectivity index (χ2v) is 5.64. The Balaban J connectivity index is 1.75. The Kier molecular flexibility index (Phi) is 6.63. The molecule has 0 aliphatic carbocycles. The van der Waals surface area contributed by atoms with Gasteiger partial charge in [-0.25, -0.2) is 0 Å². The molecule has 1 aromatic carbocycles. The molecule has 0 spiro atoms. The van der Waals surface area contributed by atoms with Crippen LogP contribution < -0.4 is 14.8 Å². The van der Waals surface area contributed by atoms with E-state index < -0.39 is 0 Å². The van der Waals surface area contributed by atoms with Crippen LogP contribution in [0.25, 0.3) is 0 Å². The van der Waals surface area contributed by atoms with E-state index >= 15 is 0 Å². The van der Waals surface area contributed by atoms with Crippen LogP contribution in [0.2, 0.25) is 0 Å². The van der Waals surface area contributed by atoms with Crippen molar-refractivity contribution in [2.45, 2.75) is 26.5 Å². The number of ether oxygens (including phenoxy) is 2. The molecule has 1 N–H and O–H groups in total. The number of hydrogen-bond acceptors (Lipinski definition) is 4. The van der Waals surface area contributed by atoms with Crippen molar-refractivity contribution in [3.63, 3.8) is 0 Å². The first kappa shape index (κ1) is 17.0. The van der Waals surface area contributed by atoms with Gasteiger partial charge in [-0.2, -0.15) is 0 Å². The van der Waals surface area contributed by atoms with Crippen LogP contribution >= 0.6 is 0 Å². The number of benzene rings is 1. The highest BCUT2D eigenvalue weighted by atomic mass is 16.5. The summed E-state index contributed by atoms with van der Waals surface area (Å²) in [5.41, 5.74) is 2.19. The monoisotopic (exact) mass is 312 g/mol. The Morgan fingerprint density at radius 2 is 2.09 bits per heavy atom. The van der Waals surface area contributed by atoms with E-state index in [1.54, 1.807) is 12.4 Å². The lowest BCUT2D eigenvalue weighted by molar-refractivity contribution is 0.216. The second-order valence-electron chi connectivity index (χ2n) is 5.64. The highest BCUT2D eigenvalue weighted by Gasteiger charge is 2.04. The standard InChI is InChI=1S/C19H24N2O2/c1-15(2)14-22-18-7-4-6-17(10-18)12-21-11-16(3)23-19-8-5-9-20-13-19/h4-10,13,16,21H,1,11-12,14H2,2-3H3/t16-/m1/s1. The maximum atomic E-state index is 5.78. The molecule has 4 nitrogen and oxygen atoms in total. The molecule has 0 saturated heterocycles. The molecule has 1 aromatic heterocycles. The predicted molar refractivity (Wildman–Crippen MR) is 92.8 cm³/mol. The summed E-state index contributed by atoms with van der Waals surface area (Å²) >= 11 is 0. The van der Waals surface area contributed by atoms with Gasteiger partial charge in [0.05, 0.1) is 6.20 Å². The fraction of sp³-hybridized carbons (Fsp3) is 0.316. The summed E-state index contributed by atoms with van der Waals surface area (Å²) in [6.07, 6.45) is 3.53. The van der Waals surface area contributed by atoms with Gasteiger partial charge >= 0.3 is 0 Å². The summed E-state index contributed by atoms with van der Waals surface area (Å²) in [4.78, 5) is 4.04. The minimum absolute atomic E-state index is 0.0713. The van der Waals surface area contributed by atoms with Gasteiger partial charge in [0.2, 0.25) is 0 Å². The number of nitrogens with one attached hydrogen (secondary N) is 1. The van der Waals surface area contributed by atoms with Crippen LogP contribution in [0, 0.1) is 0 Å². The van der Waals surface area contributed by atoms with Gasteiger partial charge in [-0.1, -0.05) is 18.7 Å². The van der Waals surface area contributed by atoms with Crippen molar-refractivity contribution in [1.82, 2.24) is 10.3 Å². The van der Waals surface area contributed by atoms with Crippen LogP contribution in [0.3, 0.4) is 0 Å². The van der Waals surface area contributed by atoms with Crippen LogP contribution in [0.15, 0.2) is 60.9 Å². The van der Waals surface area contributed by atoms with Gasteiger partial charge in [0.15, 0.2) is 0 Å². The molecule has 4 heteroatoms. The number of nitrogens with zero attached hydrogens (tertiary/aromatic N) is 1. The van der Waals surface area contributed by atoms with Gasteiger partial charge in [0.1, 0.15) is 24.2 Å². The molecular formula is C19H24N2O2. The fourth-order valence-corrected chi connectivity index (χ4v) is 2.06. The summed E-state index contributed by atoms with van der Waals surface area (Å²) in [7, 11) is 0. The number of hydrogen-bond donors (Lipinski definition) is 1. The smallest absolute Gasteiger partial charge is 0.138 e. The number of rotatable bonds is 9. The van der Waals surface area contributed by atoms with E-state index in [1.165, 1.54) is 5.56 Å². The Hall–Kier alpha value is -2.33. The van der Waals surface area contributed by atoms with E-state index in [0.717, 1.165) is 30.2 Å². The summed E-state index contributed by atoms with van der Waals surface area (Å²) in [5.74, 6) is 1.66. The van der Waals surface area contributed by atoms with Crippen molar-refractivity contribution >= 4 is 0 Å². The van der Waals surface area contributed by atoms with Crippen LogP contribution in [0.4, 0.5) is 0 Å². The molecule has 1 atom stereocenters. The highest BCUT2D eigenvalue weighted by Crippen LogP contribution is 2.14. The molecule has 23 heavy (non-hydrogen) atoms. The van der Waals surface area contributed by atoms with Gasteiger partial charge in [-0.05, 0) is 49.2 Å². The lowest BCUT2D eigenvalue weighted by Gasteiger charge is -2.15.